The van der Waals surface area contributed by atoms with Gasteiger partial charge in [-0.3, -0.25) is 9.59 Å². The number of hydrogen-bond donors (Lipinski definition) is 2. The Bertz CT molecular complexity index is 706. The van der Waals surface area contributed by atoms with Crippen molar-refractivity contribution in [1.29, 1.82) is 0 Å². The van der Waals surface area contributed by atoms with E-state index in [4.69, 9.17) is 0 Å². The third-order valence-corrected chi connectivity index (χ3v) is 2.56. The number of methoxy groups -OCH3 is 1. The van der Waals surface area contributed by atoms with E-state index in [9.17, 15) is 14.4 Å². The van der Waals surface area contributed by atoms with Crippen molar-refractivity contribution in [3.63, 3.8) is 0 Å². The molecule has 0 saturated carbocycles. The van der Waals surface area contributed by atoms with Crippen LogP contribution in [0.3, 0.4) is 0 Å². The van der Waals surface area contributed by atoms with Gasteiger partial charge in [-0.25, -0.2) is 4.79 Å². The zero-order valence-corrected chi connectivity index (χ0v) is 10.7. The van der Waals surface area contributed by atoms with E-state index in [1.54, 1.807) is 18.2 Å². The van der Waals surface area contributed by atoms with Crippen molar-refractivity contribution in [2.24, 2.45) is 0 Å². The van der Waals surface area contributed by atoms with Gasteiger partial charge in [0.25, 0.3) is 5.91 Å². The highest BCUT2D eigenvalue weighted by Gasteiger charge is 2.09. The summed E-state index contributed by atoms with van der Waals surface area (Å²) >= 11 is 0. The second kappa shape index (κ2) is 5.83. The molecule has 0 unspecified atom stereocenters. The van der Waals surface area contributed by atoms with E-state index >= 15 is 0 Å². The number of anilines is 1. The van der Waals surface area contributed by atoms with Gasteiger partial charge in [-0.2, -0.15) is 0 Å². The Morgan fingerprint density at radius 3 is 2.70 bits per heavy atom. The van der Waals surface area contributed by atoms with E-state index in [-0.39, 0.29) is 11.1 Å². The summed E-state index contributed by atoms with van der Waals surface area (Å²) in [6, 6.07) is 8.83. The number of aromatic nitrogens is 1. The number of benzene rings is 1. The number of aromatic amines is 1. The molecule has 1 aromatic heterocycles. The molecule has 0 radical (unpaired) electrons. The second-order valence-electron chi connectivity index (χ2n) is 3.96. The Labute approximate surface area is 114 Å². The molecule has 20 heavy (non-hydrogen) atoms. The zero-order valence-electron chi connectivity index (χ0n) is 10.7. The van der Waals surface area contributed by atoms with Crippen molar-refractivity contribution in [3.05, 3.63) is 64.1 Å². The number of carbonyl (C=O) groups is 2. The number of nitrogens with one attached hydrogen (secondary N) is 2. The first-order chi connectivity index (χ1) is 9.60. The Balaban J connectivity index is 2.20. The molecular formula is C14H12N2O4. The first kappa shape index (κ1) is 13.5. The zero-order chi connectivity index (χ0) is 14.5. The summed E-state index contributed by atoms with van der Waals surface area (Å²) in [6.07, 6.45) is 1.39. The molecule has 0 spiro atoms. The maximum absolute atomic E-state index is 11.9. The minimum Gasteiger partial charge on any atom is -0.465 e. The SMILES string of the molecule is COC(=O)c1cccc(NC(=O)c2cc(=O)cc[nH]2)c1. The smallest absolute Gasteiger partial charge is 0.337 e. The van der Waals surface area contributed by atoms with Crippen molar-refractivity contribution in [2.75, 3.05) is 12.4 Å². The van der Waals surface area contributed by atoms with Crippen LogP contribution in [0.4, 0.5) is 5.69 Å². The van der Waals surface area contributed by atoms with Gasteiger partial charge >= 0.3 is 5.97 Å². The lowest BCUT2D eigenvalue weighted by atomic mass is 10.2. The monoisotopic (exact) mass is 272 g/mol. The fraction of sp³-hybridized carbons (Fsp3) is 0.0714. The van der Waals surface area contributed by atoms with Gasteiger partial charge in [-0.15, -0.1) is 0 Å². The van der Waals surface area contributed by atoms with E-state index in [0.717, 1.165) is 0 Å². The number of esters is 1. The molecule has 6 nitrogen and oxygen atoms in total. The van der Waals surface area contributed by atoms with E-state index in [0.29, 0.717) is 11.3 Å². The number of amides is 1. The topological polar surface area (TPSA) is 88.3 Å². The molecule has 0 aliphatic carbocycles. The van der Waals surface area contributed by atoms with Crippen LogP contribution < -0.4 is 10.7 Å². The van der Waals surface area contributed by atoms with Gasteiger partial charge in [0.1, 0.15) is 5.69 Å². The van der Waals surface area contributed by atoms with Gasteiger partial charge in [0.15, 0.2) is 5.43 Å². The highest BCUT2D eigenvalue weighted by molar-refractivity contribution is 6.03. The van der Waals surface area contributed by atoms with Gasteiger partial charge in [0, 0.05) is 24.0 Å². The third kappa shape index (κ3) is 3.11. The lowest BCUT2D eigenvalue weighted by Crippen LogP contribution is -2.16. The Hall–Kier alpha value is -2.89. The number of H-pyrrole nitrogens is 1. The molecule has 0 saturated heterocycles. The average Bonchev–Trinajstić information content (AvgIpc) is 2.46. The summed E-state index contributed by atoms with van der Waals surface area (Å²) in [4.78, 5) is 37.1. The molecule has 2 rings (SSSR count). The van der Waals surface area contributed by atoms with Crippen molar-refractivity contribution < 1.29 is 14.3 Å². The standard InChI is InChI=1S/C14H12N2O4/c1-20-14(19)9-3-2-4-10(7-9)16-13(18)12-8-11(17)5-6-15-12/h2-8H,1H3,(H,15,17)(H,16,18). The van der Waals surface area contributed by atoms with Crippen LogP contribution in [-0.4, -0.2) is 24.0 Å². The fourth-order valence-corrected chi connectivity index (χ4v) is 1.62. The molecule has 1 aromatic carbocycles. The van der Waals surface area contributed by atoms with Crippen LogP contribution in [0.25, 0.3) is 0 Å². The second-order valence-corrected chi connectivity index (χ2v) is 3.96. The normalized spacial score (nSPS) is 9.85. The number of pyridine rings is 1. The van der Waals surface area contributed by atoms with Gasteiger partial charge < -0.3 is 15.0 Å². The van der Waals surface area contributed by atoms with Crippen LogP contribution in [0.1, 0.15) is 20.8 Å². The molecule has 0 aliphatic heterocycles. The minimum atomic E-state index is -0.491. The van der Waals surface area contributed by atoms with Crippen LogP contribution >= 0.6 is 0 Å². The van der Waals surface area contributed by atoms with Gasteiger partial charge in [0.05, 0.1) is 12.7 Å². The van der Waals surface area contributed by atoms with Crippen LogP contribution in [0.15, 0.2) is 47.4 Å². The Morgan fingerprint density at radius 1 is 1.20 bits per heavy atom. The summed E-state index contributed by atoms with van der Waals surface area (Å²) in [5.74, 6) is -0.959. The summed E-state index contributed by atoms with van der Waals surface area (Å²) in [6.45, 7) is 0. The molecular weight excluding hydrogens is 260 g/mol. The lowest BCUT2D eigenvalue weighted by molar-refractivity contribution is 0.0600. The molecule has 102 valence electrons. The maximum atomic E-state index is 11.9. The molecule has 2 aromatic rings. The van der Waals surface area contributed by atoms with Gasteiger partial charge in [-0.1, -0.05) is 6.07 Å². The predicted molar refractivity (Wildman–Crippen MR) is 72.8 cm³/mol. The van der Waals surface area contributed by atoms with Crippen molar-refractivity contribution in [3.8, 4) is 0 Å². The quantitative estimate of drug-likeness (QED) is 0.827. The summed E-state index contributed by atoms with van der Waals surface area (Å²) < 4.78 is 4.60. The Kier molecular flexibility index (Phi) is 3.95. The Morgan fingerprint density at radius 2 is 2.00 bits per heavy atom. The summed E-state index contributed by atoms with van der Waals surface area (Å²) in [7, 11) is 1.28. The number of ether oxygens (including phenoxy) is 1. The first-order valence-electron chi connectivity index (χ1n) is 5.78. The largest absolute Gasteiger partial charge is 0.465 e. The van der Waals surface area contributed by atoms with Gasteiger partial charge in [-0.05, 0) is 18.2 Å². The molecule has 1 heterocycles. The lowest BCUT2D eigenvalue weighted by Gasteiger charge is -2.06. The highest BCUT2D eigenvalue weighted by atomic mass is 16.5. The van der Waals surface area contributed by atoms with Crippen LogP contribution in [0, 0.1) is 0 Å². The molecule has 6 heteroatoms. The van der Waals surface area contributed by atoms with Crippen molar-refractivity contribution >= 4 is 17.6 Å². The van der Waals surface area contributed by atoms with Crippen LogP contribution in [0.2, 0.25) is 0 Å². The van der Waals surface area contributed by atoms with E-state index in [2.05, 4.69) is 15.0 Å². The van der Waals surface area contributed by atoms with Crippen molar-refractivity contribution in [2.45, 2.75) is 0 Å². The predicted octanol–water partition coefficient (Wildman–Crippen LogP) is 1.41. The number of rotatable bonds is 3. The molecule has 2 N–H and O–H groups in total. The van der Waals surface area contributed by atoms with Crippen LogP contribution in [-0.2, 0) is 4.74 Å². The van der Waals surface area contributed by atoms with E-state index < -0.39 is 11.9 Å². The molecule has 0 bridgehead atoms. The summed E-state index contributed by atoms with van der Waals surface area (Å²) in [5, 5.41) is 2.59. The number of carbonyl (C=O) groups excluding carboxylic acids is 2. The van der Waals surface area contributed by atoms with Gasteiger partial charge in [0.2, 0.25) is 0 Å². The first-order valence-corrected chi connectivity index (χ1v) is 5.78. The molecule has 0 atom stereocenters. The molecule has 0 aliphatic rings. The average molecular weight is 272 g/mol. The highest BCUT2D eigenvalue weighted by Crippen LogP contribution is 2.12. The fourth-order valence-electron chi connectivity index (χ4n) is 1.62. The molecule has 0 fully saturated rings. The minimum absolute atomic E-state index is 0.140. The van der Waals surface area contributed by atoms with Crippen molar-refractivity contribution in [1.82, 2.24) is 4.98 Å². The summed E-state index contributed by atoms with van der Waals surface area (Å²) in [5.41, 5.74) is 0.632. The maximum Gasteiger partial charge on any atom is 0.337 e. The van der Waals surface area contributed by atoms with Crippen LogP contribution in [0.5, 0.6) is 0 Å². The third-order valence-electron chi connectivity index (χ3n) is 2.56. The number of hydrogen-bond acceptors (Lipinski definition) is 4. The molecule has 1 amide bonds. The van der Waals surface area contributed by atoms with E-state index in [1.165, 1.54) is 31.5 Å². The van der Waals surface area contributed by atoms with E-state index in [1.807, 2.05) is 0 Å².